The Morgan fingerprint density at radius 3 is 2.48 bits per heavy atom. The summed E-state index contributed by atoms with van der Waals surface area (Å²) in [6.45, 7) is 16.6. The average Bonchev–Trinajstić information content (AvgIpc) is 2.48. The maximum absolute atomic E-state index is 5.85. The number of rotatable bonds is 10. The van der Waals surface area contributed by atoms with E-state index in [4.69, 9.17) is 4.74 Å². The van der Waals surface area contributed by atoms with E-state index in [1.807, 2.05) is 0 Å². The van der Waals surface area contributed by atoms with Crippen molar-refractivity contribution in [2.24, 2.45) is 5.92 Å². The maximum atomic E-state index is 5.85. The van der Waals surface area contributed by atoms with Crippen LogP contribution in [0.5, 0.6) is 0 Å². The molecule has 1 rings (SSSR count). The van der Waals surface area contributed by atoms with Gasteiger partial charge in [0.2, 0.25) is 0 Å². The zero-order valence-corrected chi connectivity index (χ0v) is 15.1. The van der Waals surface area contributed by atoms with E-state index in [1.54, 1.807) is 0 Å². The Balaban J connectivity index is 2.43. The molecule has 0 bridgehead atoms. The molecule has 0 aromatic heterocycles. The zero-order valence-electron chi connectivity index (χ0n) is 15.1. The Hall–Kier alpha value is -0.120. The highest BCUT2D eigenvalue weighted by Crippen LogP contribution is 2.24. The first-order valence-electron chi connectivity index (χ1n) is 9.13. The molecule has 126 valence electrons. The molecule has 0 aromatic rings. The molecule has 1 fully saturated rings. The minimum Gasteiger partial charge on any atom is -0.380 e. The first-order chi connectivity index (χ1) is 10.1. The lowest BCUT2D eigenvalue weighted by Crippen LogP contribution is -2.64. The van der Waals surface area contributed by atoms with Crippen molar-refractivity contribution in [1.29, 1.82) is 0 Å². The maximum Gasteiger partial charge on any atom is 0.0593 e. The Morgan fingerprint density at radius 2 is 1.90 bits per heavy atom. The number of nitrogens with one attached hydrogen (secondary N) is 1. The average molecular weight is 299 g/mol. The first kappa shape index (κ1) is 18.9. The second-order valence-corrected chi connectivity index (χ2v) is 7.08. The van der Waals surface area contributed by atoms with Crippen molar-refractivity contribution >= 4 is 0 Å². The molecule has 1 saturated heterocycles. The van der Waals surface area contributed by atoms with E-state index in [1.165, 1.54) is 38.6 Å². The van der Waals surface area contributed by atoms with Crippen molar-refractivity contribution in [3.05, 3.63) is 0 Å². The van der Waals surface area contributed by atoms with E-state index < -0.39 is 0 Å². The van der Waals surface area contributed by atoms with Crippen LogP contribution in [0.15, 0.2) is 0 Å². The van der Waals surface area contributed by atoms with Gasteiger partial charge in [-0.3, -0.25) is 4.90 Å². The predicted octanol–water partition coefficient (Wildman–Crippen LogP) is 3.68. The smallest absolute Gasteiger partial charge is 0.0593 e. The molecule has 0 spiro atoms. The molecule has 0 saturated carbocycles. The van der Waals surface area contributed by atoms with Gasteiger partial charge in [-0.2, -0.15) is 0 Å². The van der Waals surface area contributed by atoms with Gasteiger partial charge in [0, 0.05) is 37.8 Å². The molecule has 1 heterocycles. The standard InChI is InChI=1S/C18H38N2O/c1-6-9-17-14-19-18(7-2,8-3)15-20(17)11-13-21-12-10-16(4)5/h16-17,19H,6-15H2,1-5H3. The van der Waals surface area contributed by atoms with Gasteiger partial charge in [0.15, 0.2) is 0 Å². The monoisotopic (exact) mass is 298 g/mol. The summed E-state index contributed by atoms with van der Waals surface area (Å²) in [5.41, 5.74) is 0.322. The molecule has 21 heavy (non-hydrogen) atoms. The lowest BCUT2D eigenvalue weighted by molar-refractivity contribution is 0.0322. The lowest BCUT2D eigenvalue weighted by Gasteiger charge is -2.47. The van der Waals surface area contributed by atoms with Gasteiger partial charge in [-0.15, -0.1) is 0 Å². The van der Waals surface area contributed by atoms with Gasteiger partial charge in [0.1, 0.15) is 0 Å². The van der Waals surface area contributed by atoms with E-state index in [0.717, 1.165) is 32.2 Å². The highest BCUT2D eigenvalue weighted by molar-refractivity contribution is 4.96. The van der Waals surface area contributed by atoms with Gasteiger partial charge in [-0.05, 0) is 31.6 Å². The van der Waals surface area contributed by atoms with Crippen LogP contribution in [0.3, 0.4) is 0 Å². The van der Waals surface area contributed by atoms with Crippen molar-refractivity contribution < 1.29 is 4.74 Å². The van der Waals surface area contributed by atoms with E-state index in [-0.39, 0.29) is 0 Å². The molecule has 3 nitrogen and oxygen atoms in total. The summed E-state index contributed by atoms with van der Waals surface area (Å²) in [6, 6.07) is 0.690. The summed E-state index contributed by atoms with van der Waals surface area (Å²) >= 11 is 0. The first-order valence-corrected chi connectivity index (χ1v) is 9.13. The van der Waals surface area contributed by atoms with E-state index in [9.17, 15) is 0 Å². The van der Waals surface area contributed by atoms with Crippen LogP contribution in [0.25, 0.3) is 0 Å². The van der Waals surface area contributed by atoms with Crippen LogP contribution in [0.1, 0.15) is 66.7 Å². The largest absolute Gasteiger partial charge is 0.380 e. The molecule has 1 aliphatic heterocycles. The predicted molar refractivity (Wildman–Crippen MR) is 91.9 cm³/mol. The van der Waals surface area contributed by atoms with E-state index >= 15 is 0 Å². The van der Waals surface area contributed by atoms with Crippen LogP contribution in [0, 0.1) is 5.92 Å². The van der Waals surface area contributed by atoms with Crippen molar-refractivity contribution in [2.45, 2.75) is 78.3 Å². The molecule has 0 aliphatic carbocycles. The summed E-state index contributed by atoms with van der Waals surface area (Å²) < 4.78 is 5.85. The van der Waals surface area contributed by atoms with Crippen molar-refractivity contribution in [1.82, 2.24) is 10.2 Å². The molecule has 1 atom stereocenters. The molecule has 0 amide bonds. The fourth-order valence-corrected chi connectivity index (χ4v) is 3.24. The van der Waals surface area contributed by atoms with Gasteiger partial charge in [-0.25, -0.2) is 0 Å². The van der Waals surface area contributed by atoms with Crippen LogP contribution in [-0.4, -0.2) is 49.3 Å². The summed E-state index contributed by atoms with van der Waals surface area (Å²) in [7, 11) is 0. The molecule has 0 aromatic carbocycles. The van der Waals surface area contributed by atoms with Gasteiger partial charge >= 0.3 is 0 Å². The third kappa shape index (κ3) is 6.25. The van der Waals surface area contributed by atoms with Crippen LogP contribution in [-0.2, 0) is 4.74 Å². The van der Waals surface area contributed by atoms with Crippen LogP contribution < -0.4 is 5.32 Å². The summed E-state index contributed by atoms with van der Waals surface area (Å²) in [6.07, 6.45) is 6.17. The Morgan fingerprint density at radius 1 is 1.19 bits per heavy atom. The normalized spacial score (nSPS) is 22.9. The third-order valence-electron chi connectivity index (χ3n) is 5.07. The van der Waals surface area contributed by atoms with Gasteiger partial charge in [0.25, 0.3) is 0 Å². The minimum atomic E-state index is 0.322. The molecule has 3 heteroatoms. The Kier molecular flexibility index (Phi) is 8.84. The van der Waals surface area contributed by atoms with Crippen molar-refractivity contribution in [3.8, 4) is 0 Å². The molecule has 1 aliphatic rings. The Labute approximate surface area is 132 Å². The summed E-state index contributed by atoms with van der Waals surface area (Å²) in [5, 5.41) is 3.83. The number of nitrogens with zero attached hydrogens (tertiary/aromatic N) is 1. The molecule has 0 radical (unpaired) electrons. The van der Waals surface area contributed by atoms with Crippen molar-refractivity contribution in [3.63, 3.8) is 0 Å². The van der Waals surface area contributed by atoms with Crippen LogP contribution in [0.4, 0.5) is 0 Å². The minimum absolute atomic E-state index is 0.322. The Bertz CT molecular complexity index is 264. The molecular formula is C18H38N2O. The highest BCUT2D eigenvalue weighted by Gasteiger charge is 2.35. The zero-order chi connectivity index (χ0) is 15.7. The fourth-order valence-electron chi connectivity index (χ4n) is 3.24. The molecule has 1 N–H and O–H groups in total. The topological polar surface area (TPSA) is 24.5 Å². The number of hydrogen-bond donors (Lipinski definition) is 1. The highest BCUT2D eigenvalue weighted by atomic mass is 16.5. The molecule has 1 unspecified atom stereocenters. The summed E-state index contributed by atoms with van der Waals surface area (Å²) in [5.74, 6) is 0.741. The number of ether oxygens (including phenoxy) is 1. The van der Waals surface area contributed by atoms with E-state index in [0.29, 0.717) is 11.6 Å². The second kappa shape index (κ2) is 9.81. The lowest BCUT2D eigenvalue weighted by atomic mass is 9.88. The number of piperazine rings is 1. The van der Waals surface area contributed by atoms with Gasteiger partial charge < -0.3 is 10.1 Å². The SMILES string of the molecule is CCCC1CNC(CC)(CC)CN1CCOCCC(C)C. The van der Waals surface area contributed by atoms with E-state index in [2.05, 4.69) is 44.8 Å². The third-order valence-corrected chi connectivity index (χ3v) is 5.07. The number of hydrogen-bond acceptors (Lipinski definition) is 3. The quantitative estimate of drug-likeness (QED) is 0.623. The fraction of sp³-hybridized carbons (Fsp3) is 1.00. The van der Waals surface area contributed by atoms with Crippen LogP contribution in [0.2, 0.25) is 0 Å². The van der Waals surface area contributed by atoms with Crippen molar-refractivity contribution in [2.75, 3.05) is 32.8 Å². The second-order valence-electron chi connectivity index (χ2n) is 7.08. The van der Waals surface area contributed by atoms with Gasteiger partial charge in [0.05, 0.1) is 6.61 Å². The summed E-state index contributed by atoms with van der Waals surface area (Å²) in [4.78, 5) is 2.68. The molecular weight excluding hydrogens is 260 g/mol. The van der Waals surface area contributed by atoms with Crippen LogP contribution >= 0.6 is 0 Å². The van der Waals surface area contributed by atoms with Gasteiger partial charge in [-0.1, -0.05) is 41.0 Å².